The molecule has 2 aliphatic carbocycles. The number of nitrogens with zero attached hydrogens (tertiary/aromatic N) is 2. The van der Waals surface area contributed by atoms with Crippen molar-refractivity contribution in [1.29, 1.82) is 0 Å². The van der Waals surface area contributed by atoms with E-state index in [-0.39, 0.29) is 60.8 Å². The topological polar surface area (TPSA) is 46.4 Å². The molecule has 2 aromatic heterocycles. The van der Waals surface area contributed by atoms with Crippen LogP contribution in [0.5, 0.6) is 0 Å². The number of carbonyl (C=O) groups excluding carboxylic acids is 1. The second-order valence-electron chi connectivity index (χ2n) is 8.21. The van der Waals surface area contributed by atoms with Gasteiger partial charge in [0.1, 0.15) is 5.65 Å². The Morgan fingerprint density at radius 1 is 1.17 bits per heavy atom. The molecule has 1 N–H and O–H groups in total. The number of nitrogens with one attached hydrogen (secondary N) is 1. The van der Waals surface area contributed by atoms with Crippen LogP contribution in [0.2, 0.25) is 0 Å². The number of alkyl halides is 5. The molecule has 0 unspecified atom stereocenters. The van der Waals surface area contributed by atoms with E-state index in [2.05, 4.69) is 10.3 Å². The van der Waals surface area contributed by atoms with Gasteiger partial charge in [-0.25, -0.2) is 13.8 Å². The molecule has 2 aliphatic rings. The molecule has 4 nitrogen and oxygen atoms in total. The summed E-state index contributed by atoms with van der Waals surface area (Å²) in [6.45, 7) is 0.559. The van der Waals surface area contributed by atoms with Crippen LogP contribution in [0.15, 0.2) is 18.3 Å². The Balaban J connectivity index is 1.60. The minimum absolute atomic E-state index is 0.0271. The molecule has 0 bridgehead atoms. The Morgan fingerprint density at radius 3 is 2.48 bits per heavy atom. The maximum absolute atomic E-state index is 13.6. The number of aromatic nitrogens is 2. The predicted octanol–water partition coefficient (Wildman–Crippen LogP) is 4.86. The highest BCUT2D eigenvalue weighted by Crippen LogP contribution is 2.39. The van der Waals surface area contributed by atoms with Gasteiger partial charge < -0.3 is 9.72 Å². The Hall–Kier alpha value is -2.19. The summed E-state index contributed by atoms with van der Waals surface area (Å²) in [7, 11) is 0. The summed E-state index contributed by atoms with van der Waals surface area (Å²) in [5.41, 5.74) is -0.758. The number of rotatable bonds is 5. The smallest absolute Gasteiger partial charge is 0.352 e. The zero-order valence-corrected chi connectivity index (χ0v) is 15.7. The van der Waals surface area contributed by atoms with E-state index in [0.717, 1.165) is 12.8 Å². The lowest BCUT2D eigenvalue weighted by Crippen LogP contribution is -2.26. The molecule has 2 heterocycles. The standard InChI is InChI=1S/C20H22F5N3O/c21-19(22)6-3-12(4-7-19)9-15-17(20(23,24)25)27-16-10-14(5-8-28(15)16)18(29)26-11-13-1-2-13/h5,8,10,12-13H,1-4,6-7,9,11H2,(H,26,29). The van der Waals surface area contributed by atoms with Crippen molar-refractivity contribution in [2.45, 2.75) is 57.0 Å². The number of pyridine rings is 1. The van der Waals surface area contributed by atoms with Crippen LogP contribution in [0.25, 0.3) is 5.65 Å². The highest BCUT2D eigenvalue weighted by atomic mass is 19.4. The van der Waals surface area contributed by atoms with E-state index in [1.54, 1.807) is 0 Å². The van der Waals surface area contributed by atoms with Gasteiger partial charge in [-0.2, -0.15) is 13.2 Å². The zero-order valence-electron chi connectivity index (χ0n) is 15.7. The minimum atomic E-state index is -4.66. The largest absolute Gasteiger partial charge is 0.435 e. The van der Waals surface area contributed by atoms with E-state index in [4.69, 9.17) is 0 Å². The zero-order chi connectivity index (χ0) is 20.8. The van der Waals surface area contributed by atoms with Gasteiger partial charge in [0.05, 0.1) is 5.69 Å². The molecule has 0 aliphatic heterocycles. The predicted molar refractivity (Wildman–Crippen MR) is 95.9 cm³/mol. The third kappa shape index (κ3) is 4.53. The van der Waals surface area contributed by atoms with Crippen molar-refractivity contribution in [2.75, 3.05) is 6.54 Å². The van der Waals surface area contributed by atoms with Gasteiger partial charge in [-0.05, 0) is 56.1 Å². The fourth-order valence-corrected chi connectivity index (χ4v) is 3.90. The first-order valence-corrected chi connectivity index (χ1v) is 9.86. The number of hydrogen-bond donors (Lipinski definition) is 1. The SMILES string of the molecule is O=C(NCC1CC1)c1ccn2c(CC3CCC(F)(F)CC3)c(C(F)(F)F)nc2c1. The van der Waals surface area contributed by atoms with Gasteiger partial charge in [0.2, 0.25) is 5.92 Å². The molecule has 2 aromatic rings. The van der Waals surface area contributed by atoms with Gasteiger partial charge in [-0.15, -0.1) is 0 Å². The first kappa shape index (κ1) is 20.1. The molecule has 2 fully saturated rings. The Bertz CT molecular complexity index is 907. The summed E-state index contributed by atoms with van der Waals surface area (Å²) < 4.78 is 68.8. The van der Waals surface area contributed by atoms with Gasteiger partial charge in [0.15, 0.2) is 5.69 Å². The average Bonchev–Trinajstić information content (AvgIpc) is 3.41. The molecular formula is C20H22F5N3O. The van der Waals surface area contributed by atoms with Crippen molar-refractivity contribution in [2.24, 2.45) is 11.8 Å². The molecule has 4 rings (SSSR count). The number of imidazole rings is 1. The van der Waals surface area contributed by atoms with E-state index in [0.29, 0.717) is 12.5 Å². The van der Waals surface area contributed by atoms with Gasteiger partial charge in [0.25, 0.3) is 5.91 Å². The second-order valence-corrected chi connectivity index (χ2v) is 8.21. The van der Waals surface area contributed by atoms with Crippen LogP contribution in [0.3, 0.4) is 0 Å². The van der Waals surface area contributed by atoms with Gasteiger partial charge in [0, 0.05) is 31.1 Å². The third-order valence-corrected chi connectivity index (χ3v) is 5.82. The molecule has 158 valence electrons. The normalized spacial score (nSPS) is 20.2. The minimum Gasteiger partial charge on any atom is -0.352 e. The maximum Gasteiger partial charge on any atom is 0.435 e. The summed E-state index contributed by atoms with van der Waals surface area (Å²) in [6, 6.07) is 2.81. The van der Waals surface area contributed by atoms with Crippen LogP contribution >= 0.6 is 0 Å². The van der Waals surface area contributed by atoms with Crippen LogP contribution < -0.4 is 5.32 Å². The lowest BCUT2D eigenvalue weighted by atomic mass is 9.83. The molecule has 0 aromatic carbocycles. The van der Waals surface area contributed by atoms with Crippen molar-refractivity contribution in [3.63, 3.8) is 0 Å². The van der Waals surface area contributed by atoms with Crippen LogP contribution in [-0.4, -0.2) is 27.8 Å². The quantitative estimate of drug-likeness (QED) is 0.709. The molecule has 29 heavy (non-hydrogen) atoms. The first-order valence-electron chi connectivity index (χ1n) is 9.86. The van der Waals surface area contributed by atoms with E-state index in [9.17, 15) is 26.7 Å². The molecule has 0 radical (unpaired) electrons. The number of fused-ring (bicyclic) bond motifs is 1. The molecule has 0 saturated heterocycles. The molecule has 9 heteroatoms. The second kappa shape index (κ2) is 7.25. The van der Waals surface area contributed by atoms with Crippen LogP contribution in [0.1, 0.15) is 60.3 Å². The highest BCUT2D eigenvalue weighted by molar-refractivity contribution is 5.95. The van der Waals surface area contributed by atoms with E-state index < -0.39 is 17.8 Å². The van der Waals surface area contributed by atoms with Crippen molar-refractivity contribution in [3.8, 4) is 0 Å². The molecule has 1 amide bonds. The van der Waals surface area contributed by atoms with Gasteiger partial charge in [-0.3, -0.25) is 4.79 Å². The van der Waals surface area contributed by atoms with Crippen LogP contribution in [0, 0.1) is 11.8 Å². The van der Waals surface area contributed by atoms with Crippen molar-refractivity contribution in [1.82, 2.24) is 14.7 Å². The number of amides is 1. The number of halogens is 5. The Morgan fingerprint density at radius 2 is 1.86 bits per heavy atom. The maximum atomic E-state index is 13.6. The summed E-state index contributed by atoms with van der Waals surface area (Å²) in [6.07, 6.45) is -1.32. The molecular weight excluding hydrogens is 393 g/mol. The lowest BCUT2D eigenvalue weighted by Gasteiger charge is -2.28. The third-order valence-electron chi connectivity index (χ3n) is 5.82. The number of hydrogen-bond acceptors (Lipinski definition) is 2. The molecule has 0 atom stereocenters. The van der Waals surface area contributed by atoms with E-state index in [1.807, 2.05) is 0 Å². The summed E-state index contributed by atoms with van der Waals surface area (Å²) >= 11 is 0. The molecule has 2 saturated carbocycles. The van der Waals surface area contributed by atoms with Crippen molar-refractivity contribution >= 4 is 11.6 Å². The monoisotopic (exact) mass is 415 g/mol. The summed E-state index contributed by atoms with van der Waals surface area (Å²) in [5.74, 6) is -2.84. The molecule has 0 spiro atoms. The first-order chi connectivity index (χ1) is 13.6. The van der Waals surface area contributed by atoms with Crippen LogP contribution in [-0.2, 0) is 12.6 Å². The fraction of sp³-hybridized carbons (Fsp3) is 0.600. The van der Waals surface area contributed by atoms with Gasteiger partial charge in [-0.1, -0.05) is 0 Å². The van der Waals surface area contributed by atoms with E-state index >= 15 is 0 Å². The Labute approximate surface area is 164 Å². The van der Waals surface area contributed by atoms with Crippen LogP contribution in [0.4, 0.5) is 22.0 Å². The van der Waals surface area contributed by atoms with Crippen molar-refractivity contribution in [3.05, 3.63) is 35.3 Å². The lowest BCUT2D eigenvalue weighted by molar-refractivity contribution is -0.141. The van der Waals surface area contributed by atoms with Crippen molar-refractivity contribution < 1.29 is 26.7 Å². The Kier molecular flexibility index (Phi) is 5.02. The fourth-order valence-electron chi connectivity index (χ4n) is 3.90. The van der Waals surface area contributed by atoms with Gasteiger partial charge >= 0.3 is 6.18 Å². The van der Waals surface area contributed by atoms with E-state index in [1.165, 1.54) is 22.7 Å². The average molecular weight is 415 g/mol. The highest BCUT2D eigenvalue weighted by Gasteiger charge is 2.40. The summed E-state index contributed by atoms with van der Waals surface area (Å²) in [5, 5.41) is 2.78. The number of carbonyl (C=O) groups is 1. The summed E-state index contributed by atoms with van der Waals surface area (Å²) in [4.78, 5) is 16.0.